The number of aromatic hydroxyl groups is 1. The molecule has 1 aliphatic heterocycles. The van der Waals surface area contributed by atoms with Crippen LogP contribution in [0.15, 0.2) is 48.7 Å². The van der Waals surface area contributed by atoms with Crippen LogP contribution in [0.25, 0.3) is 16.9 Å². The van der Waals surface area contributed by atoms with Gasteiger partial charge in [0, 0.05) is 43.0 Å². The van der Waals surface area contributed by atoms with Crippen molar-refractivity contribution in [1.29, 1.82) is 0 Å². The average Bonchev–Trinajstić information content (AvgIpc) is 3.29. The highest BCUT2D eigenvalue weighted by Gasteiger charge is 2.18. The Labute approximate surface area is 206 Å². The minimum atomic E-state index is -0.792. The summed E-state index contributed by atoms with van der Waals surface area (Å²) >= 11 is 0. The lowest BCUT2D eigenvalue weighted by molar-refractivity contribution is 0.0699. The highest BCUT2D eigenvalue weighted by Crippen LogP contribution is 2.31. The number of rotatable bonds is 7. The van der Waals surface area contributed by atoms with Crippen LogP contribution < -0.4 is 15.8 Å². The minimum Gasteiger partial charge on any atom is -0.505 e. The molecule has 9 nitrogen and oxygen atoms in total. The molecule has 1 aliphatic rings. The Morgan fingerprint density at radius 2 is 2.06 bits per heavy atom. The van der Waals surface area contributed by atoms with Crippen LogP contribution >= 0.6 is 0 Å². The summed E-state index contributed by atoms with van der Waals surface area (Å²) in [5, 5.41) is 17.6. The van der Waals surface area contributed by atoms with Crippen molar-refractivity contribution in [2.45, 2.75) is 19.8 Å². The lowest BCUT2D eigenvalue weighted by atomic mass is 10.0. The normalized spacial score (nSPS) is 14.2. The van der Waals surface area contributed by atoms with Gasteiger partial charge in [-0.05, 0) is 55.5 Å². The fraction of sp³-hybridized carbons (Fsp3) is 0.269. The fourth-order valence-electron chi connectivity index (χ4n) is 4.30. The number of ether oxygens (including phenoxy) is 2. The molecule has 3 heterocycles. The molecule has 0 atom stereocenters. The summed E-state index contributed by atoms with van der Waals surface area (Å²) in [6, 6.07) is 10.8. The number of nitrogens with two attached hydrogens (primary N) is 1. The predicted molar refractivity (Wildman–Crippen MR) is 132 cm³/mol. The Morgan fingerprint density at radius 1 is 1.25 bits per heavy atom. The number of phenols is 1. The van der Waals surface area contributed by atoms with Gasteiger partial charge in [-0.3, -0.25) is 4.79 Å². The summed E-state index contributed by atoms with van der Waals surface area (Å²) in [7, 11) is 0. The standard InChI is InChI=1S/C26H26FN5O4/c1-15-10-17(2-4-19(15)25(28)34)22-14-30-26-21(29-13-16-6-8-35-9-7-16)12-24(31-32(22)26)36-18-3-5-23(33)20(27)11-18/h2-5,10-12,14,16,29,33H,6-9,13H2,1H3,(H2,28,34). The van der Waals surface area contributed by atoms with Crippen molar-refractivity contribution < 1.29 is 23.8 Å². The predicted octanol–water partition coefficient (Wildman–Crippen LogP) is 4.28. The molecule has 0 aliphatic carbocycles. The molecule has 0 saturated carbocycles. The molecule has 1 amide bonds. The first-order valence-electron chi connectivity index (χ1n) is 11.7. The quantitative estimate of drug-likeness (QED) is 0.352. The Hall–Kier alpha value is -4.18. The number of aryl methyl sites for hydroxylation is 1. The van der Waals surface area contributed by atoms with Crippen LogP contribution in [0, 0.1) is 18.7 Å². The maximum atomic E-state index is 13.9. The van der Waals surface area contributed by atoms with E-state index in [1.165, 1.54) is 12.1 Å². The molecule has 0 radical (unpaired) electrons. The number of carbonyl (C=O) groups is 1. The van der Waals surface area contributed by atoms with Gasteiger partial charge in [-0.1, -0.05) is 6.07 Å². The van der Waals surface area contributed by atoms with Crippen molar-refractivity contribution in [2.75, 3.05) is 25.1 Å². The van der Waals surface area contributed by atoms with Crippen molar-refractivity contribution in [3.63, 3.8) is 0 Å². The number of aromatic nitrogens is 3. The summed E-state index contributed by atoms with van der Waals surface area (Å²) in [5.74, 6) is -0.883. The highest BCUT2D eigenvalue weighted by molar-refractivity contribution is 5.94. The van der Waals surface area contributed by atoms with E-state index in [-0.39, 0.29) is 11.6 Å². The molecule has 186 valence electrons. The summed E-state index contributed by atoms with van der Waals surface area (Å²) < 4.78 is 26.8. The molecular formula is C26H26FN5O4. The Morgan fingerprint density at radius 3 is 2.78 bits per heavy atom. The molecule has 1 saturated heterocycles. The zero-order valence-electron chi connectivity index (χ0n) is 19.7. The summed E-state index contributed by atoms with van der Waals surface area (Å²) in [5.41, 5.74) is 9.42. The van der Waals surface area contributed by atoms with Crippen molar-refractivity contribution >= 4 is 17.2 Å². The minimum absolute atomic E-state index is 0.191. The van der Waals surface area contributed by atoms with E-state index >= 15 is 0 Å². The molecule has 4 aromatic rings. The van der Waals surface area contributed by atoms with Crippen LogP contribution in [-0.4, -0.2) is 45.4 Å². The number of imidazole rings is 1. The third-order valence-electron chi connectivity index (χ3n) is 6.30. The van der Waals surface area contributed by atoms with Gasteiger partial charge in [-0.15, -0.1) is 5.10 Å². The van der Waals surface area contributed by atoms with Crippen LogP contribution in [0.2, 0.25) is 0 Å². The fourth-order valence-corrected chi connectivity index (χ4v) is 4.30. The number of benzene rings is 2. The Kier molecular flexibility index (Phi) is 6.43. The molecule has 0 spiro atoms. The molecule has 2 aromatic heterocycles. The zero-order valence-corrected chi connectivity index (χ0v) is 19.7. The first-order chi connectivity index (χ1) is 17.4. The van der Waals surface area contributed by atoms with Gasteiger partial charge in [0.1, 0.15) is 5.75 Å². The number of halogens is 1. The van der Waals surface area contributed by atoms with E-state index in [9.17, 15) is 14.3 Å². The van der Waals surface area contributed by atoms with E-state index in [2.05, 4.69) is 15.4 Å². The number of nitrogens with one attached hydrogen (secondary N) is 1. The Balaban J connectivity index is 1.55. The number of phenolic OH excluding ortho intramolecular Hbond substituents is 1. The van der Waals surface area contributed by atoms with Gasteiger partial charge in [-0.2, -0.15) is 0 Å². The average molecular weight is 492 g/mol. The second-order valence-electron chi connectivity index (χ2n) is 8.82. The SMILES string of the molecule is Cc1cc(-c2cnc3c(NCC4CCOCC4)cc(Oc4ccc(O)c(F)c4)nn23)ccc1C(N)=O. The number of fused-ring (bicyclic) bond motifs is 1. The van der Waals surface area contributed by atoms with Gasteiger partial charge in [0.25, 0.3) is 0 Å². The topological polar surface area (TPSA) is 124 Å². The van der Waals surface area contributed by atoms with E-state index in [1.807, 2.05) is 13.0 Å². The van der Waals surface area contributed by atoms with Crippen molar-refractivity contribution in [3.8, 4) is 28.6 Å². The number of nitrogens with zero attached hydrogens (tertiary/aromatic N) is 3. The molecule has 4 N–H and O–H groups in total. The molecular weight excluding hydrogens is 465 g/mol. The highest BCUT2D eigenvalue weighted by atomic mass is 19.1. The first-order valence-corrected chi connectivity index (χ1v) is 11.7. The smallest absolute Gasteiger partial charge is 0.248 e. The molecule has 2 aromatic carbocycles. The van der Waals surface area contributed by atoms with Crippen LogP contribution in [0.3, 0.4) is 0 Å². The molecule has 5 rings (SSSR count). The first kappa shape index (κ1) is 23.6. The van der Waals surface area contributed by atoms with Gasteiger partial charge in [0.15, 0.2) is 17.2 Å². The maximum Gasteiger partial charge on any atom is 0.248 e. The van der Waals surface area contributed by atoms with Crippen LogP contribution in [0.5, 0.6) is 17.4 Å². The van der Waals surface area contributed by atoms with E-state index in [1.54, 1.807) is 28.9 Å². The summed E-state index contributed by atoms with van der Waals surface area (Å²) in [6.07, 6.45) is 3.63. The van der Waals surface area contributed by atoms with Crippen LogP contribution in [0.1, 0.15) is 28.8 Å². The largest absolute Gasteiger partial charge is 0.505 e. The molecule has 10 heteroatoms. The molecule has 36 heavy (non-hydrogen) atoms. The third kappa shape index (κ3) is 4.80. The van der Waals surface area contributed by atoms with Crippen LogP contribution in [0.4, 0.5) is 10.1 Å². The van der Waals surface area contributed by atoms with E-state index in [0.29, 0.717) is 28.5 Å². The van der Waals surface area contributed by atoms with Gasteiger partial charge < -0.3 is 25.6 Å². The molecule has 0 unspecified atom stereocenters. The second-order valence-corrected chi connectivity index (χ2v) is 8.82. The molecule has 0 bridgehead atoms. The summed E-state index contributed by atoms with van der Waals surface area (Å²) in [6.45, 7) is 4.03. The number of primary amides is 1. The van der Waals surface area contributed by atoms with Crippen molar-refractivity contribution in [2.24, 2.45) is 11.7 Å². The van der Waals surface area contributed by atoms with Gasteiger partial charge in [-0.25, -0.2) is 13.9 Å². The third-order valence-corrected chi connectivity index (χ3v) is 6.30. The van der Waals surface area contributed by atoms with E-state index in [4.69, 9.17) is 15.2 Å². The monoisotopic (exact) mass is 491 g/mol. The number of carbonyl (C=O) groups excluding carboxylic acids is 1. The maximum absolute atomic E-state index is 13.9. The molecule has 1 fully saturated rings. The zero-order chi connectivity index (χ0) is 25.2. The second kappa shape index (κ2) is 9.82. The van der Waals surface area contributed by atoms with E-state index in [0.717, 1.165) is 49.8 Å². The number of anilines is 1. The Bertz CT molecular complexity index is 1430. The summed E-state index contributed by atoms with van der Waals surface area (Å²) in [4.78, 5) is 16.3. The lowest BCUT2D eigenvalue weighted by Crippen LogP contribution is -2.23. The lowest BCUT2D eigenvalue weighted by Gasteiger charge is -2.22. The van der Waals surface area contributed by atoms with Crippen LogP contribution in [-0.2, 0) is 4.74 Å². The van der Waals surface area contributed by atoms with Gasteiger partial charge in [0.2, 0.25) is 11.8 Å². The number of amides is 1. The number of hydrogen-bond acceptors (Lipinski definition) is 7. The van der Waals surface area contributed by atoms with Gasteiger partial charge in [0.05, 0.1) is 17.6 Å². The van der Waals surface area contributed by atoms with Crippen molar-refractivity contribution in [3.05, 3.63) is 65.6 Å². The van der Waals surface area contributed by atoms with E-state index < -0.39 is 17.5 Å². The number of hydrogen-bond donors (Lipinski definition) is 3. The van der Waals surface area contributed by atoms with Gasteiger partial charge >= 0.3 is 0 Å². The van der Waals surface area contributed by atoms with Crippen molar-refractivity contribution in [1.82, 2.24) is 14.6 Å².